The second-order valence-corrected chi connectivity index (χ2v) is 7.55. The average Bonchev–Trinajstić information content (AvgIpc) is 2.81. The normalized spacial score (nSPS) is 15.1. The molecule has 2 aromatic carbocycles. The van der Waals surface area contributed by atoms with Gasteiger partial charge in [-0.15, -0.1) is 0 Å². The number of carbonyl (C=O) groups is 1. The van der Waals surface area contributed by atoms with Crippen LogP contribution in [0, 0.1) is 6.92 Å². The van der Waals surface area contributed by atoms with Gasteiger partial charge in [0, 0.05) is 38.6 Å². The molecule has 1 fully saturated rings. The maximum absolute atomic E-state index is 12.9. The van der Waals surface area contributed by atoms with Crippen molar-refractivity contribution < 1.29 is 4.79 Å². The van der Waals surface area contributed by atoms with Crippen molar-refractivity contribution in [2.24, 2.45) is 0 Å². The van der Waals surface area contributed by atoms with Crippen molar-refractivity contribution in [1.82, 2.24) is 20.2 Å². The molecule has 3 aromatic rings. The van der Waals surface area contributed by atoms with Crippen LogP contribution in [0.5, 0.6) is 0 Å². The first kappa shape index (κ1) is 20.0. The van der Waals surface area contributed by atoms with E-state index in [4.69, 9.17) is 0 Å². The summed E-state index contributed by atoms with van der Waals surface area (Å²) in [5.41, 5.74) is 3.53. The van der Waals surface area contributed by atoms with Crippen molar-refractivity contribution in [3.63, 3.8) is 0 Å². The number of hydrogen-bond donors (Lipinski definition) is 1. The van der Waals surface area contributed by atoms with E-state index in [1.165, 1.54) is 5.56 Å². The lowest BCUT2D eigenvalue weighted by Crippen LogP contribution is -2.51. The highest BCUT2D eigenvalue weighted by atomic mass is 16.2. The molecule has 1 aliphatic heterocycles. The molecule has 0 saturated carbocycles. The number of rotatable bonds is 6. The highest BCUT2D eigenvalue weighted by Gasteiger charge is 2.23. The van der Waals surface area contributed by atoms with Crippen molar-refractivity contribution in [2.75, 3.05) is 37.6 Å². The summed E-state index contributed by atoms with van der Waals surface area (Å²) in [5, 5.41) is 3.48. The van der Waals surface area contributed by atoms with E-state index in [-0.39, 0.29) is 11.9 Å². The van der Waals surface area contributed by atoms with Gasteiger partial charge in [0.25, 0.3) is 0 Å². The van der Waals surface area contributed by atoms with Gasteiger partial charge >= 0.3 is 0 Å². The van der Waals surface area contributed by atoms with Crippen LogP contribution in [-0.4, -0.2) is 53.5 Å². The Hall–Kier alpha value is -3.25. The van der Waals surface area contributed by atoms with Gasteiger partial charge in [-0.05, 0) is 24.1 Å². The molecule has 30 heavy (non-hydrogen) atoms. The average molecular weight is 402 g/mol. The maximum Gasteiger partial charge on any atom is 0.236 e. The molecule has 1 atom stereocenters. The minimum atomic E-state index is -0.0187. The van der Waals surface area contributed by atoms with E-state index in [1.807, 2.05) is 29.2 Å². The minimum Gasteiger partial charge on any atom is -0.338 e. The third kappa shape index (κ3) is 4.83. The van der Waals surface area contributed by atoms with Crippen LogP contribution in [0.25, 0.3) is 0 Å². The second kappa shape index (κ2) is 9.50. The number of nitrogens with one attached hydrogen (secondary N) is 1. The number of aromatic nitrogens is 2. The molecule has 0 spiro atoms. The van der Waals surface area contributed by atoms with Gasteiger partial charge in [0.05, 0.1) is 12.6 Å². The molecule has 154 valence electrons. The van der Waals surface area contributed by atoms with Gasteiger partial charge in [0.1, 0.15) is 0 Å². The summed E-state index contributed by atoms with van der Waals surface area (Å²) in [5.74, 6) is 0.850. The molecule has 1 saturated heterocycles. The van der Waals surface area contributed by atoms with Crippen LogP contribution in [0.2, 0.25) is 0 Å². The molecule has 0 radical (unpaired) electrons. The molecular formula is C24H27N5O. The van der Waals surface area contributed by atoms with Crippen molar-refractivity contribution >= 4 is 11.9 Å². The Morgan fingerprint density at radius 3 is 2.20 bits per heavy atom. The third-order valence-corrected chi connectivity index (χ3v) is 5.47. The van der Waals surface area contributed by atoms with Crippen molar-refractivity contribution in [3.8, 4) is 0 Å². The Bertz CT molecular complexity index is 938. The van der Waals surface area contributed by atoms with E-state index in [2.05, 4.69) is 63.5 Å². The largest absolute Gasteiger partial charge is 0.338 e. The fraction of sp³-hybridized carbons (Fsp3) is 0.292. The zero-order chi connectivity index (χ0) is 20.8. The lowest BCUT2D eigenvalue weighted by molar-refractivity contribution is -0.130. The number of anilines is 1. The van der Waals surface area contributed by atoms with Gasteiger partial charge < -0.3 is 9.80 Å². The quantitative estimate of drug-likeness (QED) is 0.688. The first-order valence-corrected chi connectivity index (χ1v) is 10.4. The summed E-state index contributed by atoms with van der Waals surface area (Å²) in [7, 11) is 0. The van der Waals surface area contributed by atoms with E-state index in [0.29, 0.717) is 19.6 Å². The first-order chi connectivity index (χ1) is 14.7. The topological polar surface area (TPSA) is 61.4 Å². The van der Waals surface area contributed by atoms with Crippen LogP contribution in [0.3, 0.4) is 0 Å². The minimum absolute atomic E-state index is 0.0187. The monoisotopic (exact) mass is 401 g/mol. The first-order valence-electron chi connectivity index (χ1n) is 10.4. The van der Waals surface area contributed by atoms with E-state index in [1.54, 1.807) is 12.4 Å². The van der Waals surface area contributed by atoms with Crippen LogP contribution >= 0.6 is 0 Å². The number of piperazine rings is 1. The summed E-state index contributed by atoms with van der Waals surface area (Å²) in [6, 6.07) is 20.5. The Labute approximate surface area is 177 Å². The van der Waals surface area contributed by atoms with Gasteiger partial charge in [-0.1, -0.05) is 60.2 Å². The fourth-order valence-electron chi connectivity index (χ4n) is 3.74. The molecule has 1 N–H and O–H groups in total. The second-order valence-electron chi connectivity index (χ2n) is 7.55. The molecule has 0 bridgehead atoms. The Morgan fingerprint density at radius 1 is 0.900 bits per heavy atom. The zero-order valence-corrected chi connectivity index (χ0v) is 17.2. The number of nitrogens with zero attached hydrogens (tertiary/aromatic N) is 4. The van der Waals surface area contributed by atoms with Crippen molar-refractivity contribution in [2.45, 2.75) is 13.0 Å². The summed E-state index contributed by atoms with van der Waals surface area (Å²) in [6.45, 7) is 5.23. The predicted octanol–water partition coefficient (Wildman–Crippen LogP) is 2.81. The summed E-state index contributed by atoms with van der Waals surface area (Å²) < 4.78 is 0. The lowest BCUT2D eigenvalue weighted by atomic mass is 9.98. The van der Waals surface area contributed by atoms with E-state index in [0.717, 1.165) is 30.2 Å². The van der Waals surface area contributed by atoms with Crippen LogP contribution < -0.4 is 10.2 Å². The van der Waals surface area contributed by atoms with Gasteiger partial charge in [0.15, 0.2) is 0 Å². The van der Waals surface area contributed by atoms with Crippen LogP contribution in [0.1, 0.15) is 22.7 Å². The van der Waals surface area contributed by atoms with E-state index in [9.17, 15) is 4.79 Å². The molecule has 6 heteroatoms. The van der Waals surface area contributed by atoms with Crippen LogP contribution in [-0.2, 0) is 4.79 Å². The molecule has 2 heterocycles. The zero-order valence-electron chi connectivity index (χ0n) is 17.2. The molecular weight excluding hydrogens is 374 g/mol. The number of amides is 1. The van der Waals surface area contributed by atoms with Gasteiger partial charge in [-0.2, -0.15) is 0 Å². The van der Waals surface area contributed by atoms with Gasteiger partial charge in [-0.25, -0.2) is 9.97 Å². The highest BCUT2D eigenvalue weighted by molar-refractivity contribution is 5.78. The lowest BCUT2D eigenvalue weighted by Gasteiger charge is -2.35. The molecule has 0 aliphatic carbocycles. The summed E-state index contributed by atoms with van der Waals surface area (Å²) >= 11 is 0. The van der Waals surface area contributed by atoms with Crippen molar-refractivity contribution in [1.29, 1.82) is 0 Å². The Balaban J connectivity index is 1.38. The molecule has 0 unspecified atom stereocenters. The summed E-state index contributed by atoms with van der Waals surface area (Å²) in [4.78, 5) is 25.5. The predicted molar refractivity (Wildman–Crippen MR) is 118 cm³/mol. The fourth-order valence-corrected chi connectivity index (χ4v) is 3.74. The maximum atomic E-state index is 12.9. The number of aryl methyl sites for hydroxylation is 1. The number of carbonyl (C=O) groups excluding carboxylic acids is 1. The van der Waals surface area contributed by atoms with E-state index < -0.39 is 0 Å². The van der Waals surface area contributed by atoms with Crippen molar-refractivity contribution in [3.05, 3.63) is 89.7 Å². The Kier molecular flexibility index (Phi) is 6.35. The molecule has 1 aromatic heterocycles. The van der Waals surface area contributed by atoms with E-state index >= 15 is 0 Å². The highest BCUT2D eigenvalue weighted by Crippen LogP contribution is 2.22. The molecule has 4 rings (SSSR count). The van der Waals surface area contributed by atoms with Gasteiger partial charge in [-0.3, -0.25) is 10.1 Å². The summed E-state index contributed by atoms with van der Waals surface area (Å²) in [6.07, 6.45) is 3.50. The molecule has 1 amide bonds. The van der Waals surface area contributed by atoms with Gasteiger partial charge in [0.2, 0.25) is 11.9 Å². The van der Waals surface area contributed by atoms with Crippen LogP contribution in [0.4, 0.5) is 5.95 Å². The third-order valence-electron chi connectivity index (χ3n) is 5.47. The standard InChI is InChI=1S/C24H27N5O/c1-19-8-10-21(11-9-19)23(20-6-3-2-4-7-20)27-18-22(30)28-14-16-29(17-15-28)24-25-12-5-13-26-24/h2-13,23,27H,14-18H2,1H3/t23-/m0/s1. The Morgan fingerprint density at radius 2 is 1.53 bits per heavy atom. The van der Waals surface area contributed by atoms with Crippen LogP contribution in [0.15, 0.2) is 73.1 Å². The number of benzene rings is 2. The SMILES string of the molecule is Cc1ccc([C@@H](NCC(=O)N2CCN(c3ncccn3)CC2)c2ccccc2)cc1. The molecule has 6 nitrogen and oxygen atoms in total. The number of hydrogen-bond acceptors (Lipinski definition) is 5. The smallest absolute Gasteiger partial charge is 0.236 e. The molecule has 1 aliphatic rings.